The Morgan fingerprint density at radius 2 is 1.17 bits per heavy atom. The van der Waals surface area contributed by atoms with Crippen LogP contribution in [-0.2, 0) is 0 Å². The van der Waals surface area contributed by atoms with E-state index in [2.05, 4.69) is 6.92 Å². The van der Waals surface area contributed by atoms with Crippen molar-refractivity contribution in [1.82, 2.24) is 0 Å². The second-order valence-corrected chi connectivity index (χ2v) is 0.177. The van der Waals surface area contributed by atoms with Gasteiger partial charge in [-0.05, 0) is 0 Å². The molecule has 0 saturated carbocycles. The summed E-state index contributed by atoms with van der Waals surface area (Å²) in [6.07, 6.45) is 5.85. The van der Waals surface area contributed by atoms with Crippen molar-refractivity contribution in [2.45, 2.75) is 0 Å². The molecule has 0 spiro atoms. The predicted octanol–water partition coefficient (Wildman–Crippen LogP) is -8.58. The van der Waals surface area contributed by atoms with Crippen LogP contribution in [0, 0.1) is 19.3 Å². The standard InChI is InChI=1S/C3H2.3Li/c1-3-2;;;/h1H2;;;/q-2;3*+1. The van der Waals surface area contributed by atoms with Gasteiger partial charge in [0.1, 0.15) is 0 Å². The zero-order valence-corrected chi connectivity index (χ0v) is 4.71. The Kier molecular flexibility index (Phi) is 154. The van der Waals surface area contributed by atoms with Gasteiger partial charge in [0, 0.05) is 0 Å². The molecule has 6 heavy (non-hydrogen) atoms. The molecule has 16 valence electrons. The summed E-state index contributed by atoms with van der Waals surface area (Å²) in [5.41, 5.74) is 0. The molecule has 0 aromatic heterocycles. The van der Waals surface area contributed by atoms with Crippen LogP contribution in [-0.4, -0.2) is 0 Å². The molecule has 0 N–H and O–H groups in total. The Hall–Kier alpha value is 1.22. The molecule has 0 aromatic rings. The summed E-state index contributed by atoms with van der Waals surface area (Å²) in [7, 11) is 0. The van der Waals surface area contributed by atoms with E-state index in [1.165, 1.54) is 0 Å². The maximum atomic E-state index is 5.85. The molecule has 0 aliphatic heterocycles. The molecule has 0 amide bonds. The van der Waals surface area contributed by atoms with Crippen molar-refractivity contribution in [2.24, 2.45) is 0 Å². The van der Waals surface area contributed by atoms with E-state index in [4.69, 9.17) is 6.42 Å². The Morgan fingerprint density at radius 1 is 1.17 bits per heavy atom. The van der Waals surface area contributed by atoms with Crippen molar-refractivity contribution < 1.29 is 56.6 Å². The molecule has 0 saturated heterocycles. The zero-order chi connectivity index (χ0) is 2.71. The number of hydrogen-bond acceptors (Lipinski definition) is 0. The average Bonchev–Trinajstić information content (AvgIpc) is 0.918. The van der Waals surface area contributed by atoms with Crippen LogP contribution in [0.5, 0.6) is 0 Å². The van der Waals surface area contributed by atoms with E-state index >= 15 is 0 Å². The van der Waals surface area contributed by atoms with Crippen LogP contribution in [0.2, 0.25) is 0 Å². The maximum absolute atomic E-state index is 5.85. The predicted molar refractivity (Wildman–Crippen MR) is 12.5 cm³/mol. The third kappa shape index (κ3) is 62.3. The summed E-state index contributed by atoms with van der Waals surface area (Å²) >= 11 is 0. The molecule has 0 atom stereocenters. The van der Waals surface area contributed by atoms with E-state index in [-0.39, 0.29) is 56.6 Å². The van der Waals surface area contributed by atoms with Gasteiger partial charge in [-0.1, -0.05) is 0 Å². The van der Waals surface area contributed by atoms with Crippen molar-refractivity contribution >= 4 is 0 Å². The quantitative estimate of drug-likeness (QED) is 0.148. The van der Waals surface area contributed by atoms with Crippen LogP contribution in [0.3, 0.4) is 0 Å². The molecule has 0 radical (unpaired) electrons. The molecule has 0 heterocycles. The van der Waals surface area contributed by atoms with Crippen LogP contribution in [0.15, 0.2) is 0 Å². The number of hydrogen-bond donors (Lipinski definition) is 0. The SMILES string of the molecule is [C-]#C[CH2-].[Li+].[Li+].[Li+]. The summed E-state index contributed by atoms with van der Waals surface area (Å²) < 4.78 is 0. The molecular formula is C3H2Li3+. The van der Waals surface area contributed by atoms with Crippen LogP contribution < -0.4 is 56.6 Å². The first-order chi connectivity index (χ1) is 1.41. The fourth-order valence-electron chi connectivity index (χ4n) is 0. The van der Waals surface area contributed by atoms with Crippen molar-refractivity contribution in [1.29, 1.82) is 0 Å². The van der Waals surface area contributed by atoms with Crippen LogP contribution in [0.25, 0.3) is 0 Å². The summed E-state index contributed by atoms with van der Waals surface area (Å²) in [5, 5.41) is 0. The van der Waals surface area contributed by atoms with E-state index in [1.54, 1.807) is 5.92 Å². The van der Waals surface area contributed by atoms with E-state index in [1.807, 2.05) is 0 Å². The van der Waals surface area contributed by atoms with E-state index < -0.39 is 0 Å². The second-order valence-electron chi connectivity index (χ2n) is 0.177. The van der Waals surface area contributed by atoms with Gasteiger partial charge in [-0.2, -0.15) is 0 Å². The van der Waals surface area contributed by atoms with Gasteiger partial charge < -0.3 is 19.3 Å². The van der Waals surface area contributed by atoms with Crippen molar-refractivity contribution in [3.63, 3.8) is 0 Å². The first-order valence-corrected chi connectivity index (χ1v) is 0.604. The van der Waals surface area contributed by atoms with Gasteiger partial charge in [0.05, 0.1) is 0 Å². The number of rotatable bonds is 0. The molecule has 0 bridgehead atoms. The van der Waals surface area contributed by atoms with Crippen LogP contribution >= 0.6 is 0 Å². The molecular weight excluding hydrogens is 56.9 g/mol. The largest absolute Gasteiger partial charge is 1.00 e. The molecule has 0 aliphatic carbocycles. The molecule has 0 aliphatic rings. The van der Waals surface area contributed by atoms with Gasteiger partial charge in [0.25, 0.3) is 0 Å². The average molecular weight is 58.9 g/mol. The van der Waals surface area contributed by atoms with Gasteiger partial charge in [-0.3, -0.25) is 0 Å². The van der Waals surface area contributed by atoms with Gasteiger partial charge in [0.2, 0.25) is 0 Å². The topological polar surface area (TPSA) is 0 Å². The Bertz CT molecular complexity index is 27.5. The first kappa shape index (κ1) is 26.9. The van der Waals surface area contributed by atoms with Crippen LogP contribution in [0.1, 0.15) is 0 Å². The summed E-state index contributed by atoms with van der Waals surface area (Å²) in [6.45, 7) is 2.90. The van der Waals surface area contributed by atoms with E-state index in [0.29, 0.717) is 0 Å². The molecule has 0 fully saturated rings. The fourth-order valence-corrected chi connectivity index (χ4v) is 0. The van der Waals surface area contributed by atoms with Gasteiger partial charge in [-0.25, -0.2) is 0 Å². The summed E-state index contributed by atoms with van der Waals surface area (Å²) in [5.74, 6) is 1.75. The smallest absolute Gasteiger partial charge is 0.729 e. The molecule has 0 unspecified atom stereocenters. The summed E-state index contributed by atoms with van der Waals surface area (Å²) in [6, 6.07) is 0. The van der Waals surface area contributed by atoms with E-state index in [9.17, 15) is 0 Å². The monoisotopic (exact) mass is 59.1 g/mol. The Labute approximate surface area is 75.4 Å². The van der Waals surface area contributed by atoms with Gasteiger partial charge in [-0.15, -0.1) is 0 Å². The zero-order valence-electron chi connectivity index (χ0n) is 4.71. The normalized spacial score (nSPS) is 1.17. The minimum Gasteiger partial charge on any atom is -0.729 e. The first-order valence-electron chi connectivity index (χ1n) is 0.604. The van der Waals surface area contributed by atoms with E-state index in [0.717, 1.165) is 0 Å². The minimum absolute atomic E-state index is 0. The third-order valence-corrected chi connectivity index (χ3v) is 0. The van der Waals surface area contributed by atoms with Crippen LogP contribution in [0.4, 0.5) is 0 Å². The minimum atomic E-state index is 0. The molecule has 0 aromatic carbocycles. The Balaban J connectivity index is -0.00000000667. The summed E-state index contributed by atoms with van der Waals surface area (Å²) in [4.78, 5) is 0. The molecule has 0 nitrogen and oxygen atoms in total. The second kappa shape index (κ2) is 34.4. The van der Waals surface area contributed by atoms with Gasteiger partial charge >= 0.3 is 56.6 Å². The fraction of sp³-hybridized carbons (Fsp3) is 0. The van der Waals surface area contributed by atoms with Crippen molar-refractivity contribution in [3.05, 3.63) is 13.3 Å². The maximum Gasteiger partial charge on any atom is 1.00 e. The Morgan fingerprint density at radius 3 is 1.17 bits per heavy atom. The van der Waals surface area contributed by atoms with Crippen molar-refractivity contribution in [2.75, 3.05) is 0 Å². The van der Waals surface area contributed by atoms with Gasteiger partial charge in [0.15, 0.2) is 0 Å². The molecule has 3 heteroatoms. The van der Waals surface area contributed by atoms with Crippen molar-refractivity contribution in [3.8, 4) is 5.92 Å². The molecule has 0 rings (SSSR count). The third-order valence-electron chi connectivity index (χ3n) is 0.